The third-order valence-electron chi connectivity index (χ3n) is 4.48. The molecule has 0 aliphatic heterocycles. The van der Waals surface area contributed by atoms with Crippen molar-refractivity contribution in [1.29, 1.82) is 0 Å². The second-order valence-electron chi connectivity index (χ2n) is 6.12. The fourth-order valence-corrected chi connectivity index (χ4v) is 3.28. The average Bonchev–Trinajstić information content (AvgIpc) is 2.58. The molecule has 0 bridgehead atoms. The molecule has 1 aliphatic rings. The van der Waals surface area contributed by atoms with Crippen molar-refractivity contribution in [2.45, 2.75) is 31.7 Å². The highest BCUT2D eigenvalue weighted by Crippen LogP contribution is 2.25. The average molecular weight is 325 g/mol. The van der Waals surface area contributed by atoms with Crippen LogP contribution in [0.3, 0.4) is 0 Å². The minimum atomic E-state index is -0.839. The summed E-state index contributed by atoms with van der Waals surface area (Å²) in [5, 5.41) is 3.43. The first-order valence-corrected chi connectivity index (χ1v) is 8.02. The normalized spacial score (nSPS) is 19.0. The molecule has 1 aliphatic carbocycles. The van der Waals surface area contributed by atoms with Crippen LogP contribution in [-0.4, -0.2) is 28.6 Å². The van der Waals surface area contributed by atoms with Crippen molar-refractivity contribution in [3.8, 4) is 0 Å². The Morgan fingerprint density at radius 3 is 2.79 bits per heavy atom. The van der Waals surface area contributed by atoms with Gasteiger partial charge < -0.3 is 11.1 Å². The van der Waals surface area contributed by atoms with Crippen molar-refractivity contribution in [3.05, 3.63) is 42.1 Å². The number of nitrogens with one attached hydrogen (secondary N) is 1. The van der Waals surface area contributed by atoms with Crippen molar-refractivity contribution in [3.63, 3.8) is 0 Å². The number of fused-ring (bicyclic) bond motifs is 1. The second kappa shape index (κ2) is 6.78. The summed E-state index contributed by atoms with van der Waals surface area (Å²) in [6.45, 7) is 0. The lowest BCUT2D eigenvalue weighted by Crippen LogP contribution is -2.50. The van der Waals surface area contributed by atoms with E-state index in [1.165, 1.54) is 0 Å². The number of pyridine rings is 1. The summed E-state index contributed by atoms with van der Waals surface area (Å²) < 4.78 is 0. The maximum absolute atomic E-state index is 12.7. The number of ketones is 1. The third kappa shape index (κ3) is 3.27. The standard InChI is InChI=1S/C18H19N3O3/c19-17(23)16(11-4-3-5-12(22)10-11)21-18(24)14-8-9-20-15-7-2-1-6-13(14)15/h1-2,6-9,11,16H,3-5,10H2,(H2,19,23)(H,21,24)/t11-,16+/m0/s1. The number of primary amides is 1. The number of aromatic nitrogens is 1. The molecule has 6 nitrogen and oxygen atoms in total. The van der Waals surface area contributed by atoms with E-state index in [1.807, 2.05) is 18.2 Å². The lowest BCUT2D eigenvalue weighted by atomic mass is 9.82. The van der Waals surface area contributed by atoms with E-state index in [0.29, 0.717) is 29.3 Å². The molecule has 2 aromatic rings. The zero-order chi connectivity index (χ0) is 17.1. The highest BCUT2D eigenvalue weighted by Gasteiger charge is 2.32. The van der Waals surface area contributed by atoms with Crippen LogP contribution in [0.15, 0.2) is 36.5 Å². The Labute approximate surface area is 139 Å². The molecular weight excluding hydrogens is 306 g/mol. The molecule has 1 aromatic heterocycles. The van der Waals surface area contributed by atoms with Gasteiger partial charge in [-0.1, -0.05) is 18.2 Å². The molecule has 0 spiro atoms. The molecule has 2 atom stereocenters. The summed E-state index contributed by atoms with van der Waals surface area (Å²) in [7, 11) is 0. The first-order chi connectivity index (χ1) is 11.6. The number of Topliss-reactive ketones (excluding diaryl/α,β-unsaturated/α-hetero) is 1. The van der Waals surface area contributed by atoms with Crippen molar-refractivity contribution >= 4 is 28.5 Å². The van der Waals surface area contributed by atoms with Crippen LogP contribution in [0.1, 0.15) is 36.0 Å². The Balaban J connectivity index is 1.85. The minimum absolute atomic E-state index is 0.112. The maximum atomic E-state index is 12.7. The van der Waals surface area contributed by atoms with Crippen molar-refractivity contribution in [1.82, 2.24) is 10.3 Å². The summed E-state index contributed by atoms with van der Waals surface area (Å²) in [5.41, 5.74) is 6.62. The smallest absolute Gasteiger partial charge is 0.252 e. The SMILES string of the molecule is NC(=O)[C@H](NC(=O)c1ccnc2ccccc12)[C@H]1CCCC(=O)C1. The summed E-state index contributed by atoms with van der Waals surface area (Å²) in [6.07, 6.45) is 3.80. The Kier molecular flexibility index (Phi) is 4.55. The number of hydrogen-bond donors (Lipinski definition) is 2. The van der Waals surface area contributed by atoms with Crippen LogP contribution in [-0.2, 0) is 9.59 Å². The van der Waals surface area contributed by atoms with Crippen LogP contribution in [0.2, 0.25) is 0 Å². The largest absolute Gasteiger partial charge is 0.368 e. The van der Waals surface area contributed by atoms with E-state index >= 15 is 0 Å². The van der Waals surface area contributed by atoms with Crippen molar-refractivity contribution in [2.24, 2.45) is 11.7 Å². The molecule has 3 N–H and O–H groups in total. The van der Waals surface area contributed by atoms with Gasteiger partial charge in [0.25, 0.3) is 5.91 Å². The zero-order valence-corrected chi connectivity index (χ0v) is 13.2. The predicted molar refractivity (Wildman–Crippen MR) is 89.2 cm³/mol. The van der Waals surface area contributed by atoms with Gasteiger partial charge in [0.2, 0.25) is 5.91 Å². The molecule has 1 heterocycles. The van der Waals surface area contributed by atoms with E-state index in [4.69, 9.17) is 5.73 Å². The number of hydrogen-bond acceptors (Lipinski definition) is 4. The topological polar surface area (TPSA) is 102 Å². The zero-order valence-electron chi connectivity index (χ0n) is 13.2. The van der Waals surface area contributed by atoms with Gasteiger partial charge >= 0.3 is 0 Å². The molecule has 124 valence electrons. The van der Waals surface area contributed by atoms with Gasteiger partial charge in [-0.05, 0) is 30.9 Å². The number of benzene rings is 1. The van der Waals surface area contributed by atoms with Crippen molar-refractivity contribution < 1.29 is 14.4 Å². The fourth-order valence-electron chi connectivity index (χ4n) is 3.28. The first-order valence-electron chi connectivity index (χ1n) is 8.02. The van der Waals surface area contributed by atoms with Gasteiger partial charge in [-0.2, -0.15) is 0 Å². The van der Waals surface area contributed by atoms with Gasteiger partial charge in [-0.3, -0.25) is 19.4 Å². The fraction of sp³-hybridized carbons (Fsp3) is 0.333. The van der Waals surface area contributed by atoms with Gasteiger partial charge in [0.15, 0.2) is 0 Å². The van der Waals surface area contributed by atoms with Crippen LogP contribution in [0.25, 0.3) is 10.9 Å². The summed E-state index contributed by atoms with van der Waals surface area (Å²) in [4.78, 5) is 40.4. The molecule has 0 unspecified atom stereocenters. The Bertz CT molecular complexity index is 798. The lowest BCUT2D eigenvalue weighted by Gasteiger charge is -2.28. The lowest BCUT2D eigenvalue weighted by molar-refractivity contribution is -0.124. The third-order valence-corrected chi connectivity index (χ3v) is 4.48. The van der Waals surface area contributed by atoms with Crippen molar-refractivity contribution in [2.75, 3.05) is 0 Å². The van der Waals surface area contributed by atoms with Gasteiger partial charge in [-0.25, -0.2) is 0 Å². The molecule has 0 radical (unpaired) electrons. The van der Waals surface area contributed by atoms with E-state index in [0.717, 1.165) is 6.42 Å². The second-order valence-corrected chi connectivity index (χ2v) is 6.12. The molecule has 24 heavy (non-hydrogen) atoms. The monoisotopic (exact) mass is 325 g/mol. The molecule has 2 amide bonds. The van der Waals surface area contributed by atoms with E-state index in [2.05, 4.69) is 10.3 Å². The number of nitrogens with two attached hydrogens (primary N) is 1. The molecular formula is C18H19N3O3. The molecule has 6 heteroatoms. The van der Waals surface area contributed by atoms with Crippen LogP contribution in [0.5, 0.6) is 0 Å². The van der Waals surface area contributed by atoms with Crippen LogP contribution >= 0.6 is 0 Å². The Morgan fingerprint density at radius 1 is 1.25 bits per heavy atom. The van der Waals surface area contributed by atoms with Crippen LogP contribution in [0.4, 0.5) is 0 Å². The predicted octanol–water partition coefficient (Wildman–Crippen LogP) is 1.58. The van der Waals surface area contributed by atoms with Gasteiger partial charge in [-0.15, -0.1) is 0 Å². The quantitative estimate of drug-likeness (QED) is 0.891. The number of carbonyl (C=O) groups excluding carboxylic acids is 3. The number of amides is 2. The molecule has 1 fully saturated rings. The Morgan fingerprint density at radius 2 is 2.04 bits per heavy atom. The number of para-hydroxylation sites is 1. The Hall–Kier alpha value is -2.76. The molecule has 0 saturated heterocycles. The minimum Gasteiger partial charge on any atom is -0.368 e. The highest BCUT2D eigenvalue weighted by atomic mass is 16.2. The van der Waals surface area contributed by atoms with Crippen LogP contribution in [0, 0.1) is 5.92 Å². The van der Waals surface area contributed by atoms with Gasteiger partial charge in [0.1, 0.15) is 11.8 Å². The highest BCUT2D eigenvalue weighted by molar-refractivity contribution is 6.07. The maximum Gasteiger partial charge on any atom is 0.252 e. The van der Waals surface area contributed by atoms with Gasteiger partial charge in [0.05, 0.1) is 11.1 Å². The molecule has 1 aromatic carbocycles. The summed E-state index contributed by atoms with van der Waals surface area (Å²) in [5.74, 6) is -1.11. The number of carbonyl (C=O) groups is 3. The molecule has 1 saturated carbocycles. The van der Waals surface area contributed by atoms with E-state index in [-0.39, 0.29) is 24.0 Å². The number of rotatable bonds is 4. The van der Waals surface area contributed by atoms with E-state index < -0.39 is 11.9 Å². The first kappa shape index (κ1) is 16.1. The van der Waals surface area contributed by atoms with Gasteiger partial charge in [0, 0.05) is 24.4 Å². The van der Waals surface area contributed by atoms with E-state index in [9.17, 15) is 14.4 Å². The molecule has 3 rings (SSSR count). The van der Waals surface area contributed by atoms with E-state index in [1.54, 1.807) is 18.3 Å². The number of nitrogens with zero attached hydrogens (tertiary/aromatic N) is 1. The summed E-state index contributed by atoms with van der Waals surface area (Å²) in [6, 6.07) is 8.07. The summed E-state index contributed by atoms with van der Waals surface area (Å²) >= 11 is 0. The van der Waals surface area contributed by atoms with Crippen LogP contribution < -0.4 is 11.1 Å².